The van der Waals surface area contributed by atoms with E-state index in [0.29, 0.717) is 0 Å². The van der Waals surface area contributed by atoms with Crippen LogP contribution in [0.15, 0.2) is 30.3 Å². The predicted octanol–water partition coefficient (Wildman–Crippen LogP) is 1.80. The van der Waals surface area contributed by atoms with Gasteiger partial charge in [0.1, 0.15) is 0 Å². The van der Waals surface area contributed by atoms with Gasteiger partial charge in [-0.05, 0) is 36.8 Å². The Balaban J connectivity index is 1.62. The van der Waals surface area contributed by atoms with Crippen molar-refractivity contribution in [1.29, 1.82) is 0 Å². The van der Waals surface area contributed by atoms with Crippen LogP contribution in [0.5, 0.6) is 0 Å². The van der Waals surface area contributed by atoms with Gasteiger partial charge >= 0.3 is 0 Å². The molecule has 2 rings (SSSR count). The Bertz CT molecular complexity index is 310. The predicted molar refractivity (Wildman–Crippen MR) is 68.3 cm³/mol. The lowest BCUT2D eigenvalue weighted by Gasteiger charge is -2.12. The number of hydrogen-bond donors (Lipinski definition) is 2. The summed E-state index contributed by atoms with van der Waals surface area (Å²) in [6.07, 6.45) is 2.36. The van der Waals surface area contributed by atoms with E-state index < -0.39 is 0 Å². The average Bonchev–Trinajstić information content (AvgIpc) is 2.96. The second-order valence-electron chi connectivity index (χ2n) is 5.08. The Labute approximate surface area is 98.2 Å². The van der Waals surface area contributed by atoms with E-state index in [1.807, 2.05) is 6.07 Å². The van der Waals surface area contributed by atoms with Crippen LogP contribution in [-0.2, 0) is 6.42 Å². The van der Waals surface area contributed by atoms with Gasteiger partial charge in [0.15, 0.2) is 0 Å². The molecular formula is C14H22N2. The molecule has 0 aromatic heterocycles. The Morgan fingerprint density at radius 3 is 2.69 bits per heavy atom. The molecule has 0 spiro atoms. The lowest BCUT2D eigenvalue weighted by atomic mass is 10.1. The van der Waals surface area contributed by atoms with Crippen molar-refractivity contribution in [3.05, 3.63) is 35.9 Å². The molecule has 1 aliphatic carbocycles. The first kappa shape index (κ1) is 11.6. The van der Waals surface area contributed by atoms with Crippen LogP contribution in [0.1, 0.15) is 18.9 Å². The van der Waals surface area contributed by atoms with Crippen molar-refractivity contribution in [2.24, 2.45) is 17.6 Å². The SMILES string of the molecule is CC1CC1CNCC(N)Cc1ccccc1. The molecule has 3 N–H and O–H groups in total. The van der Waals surface area contributed by atoms with Crippen LogP contribution in [0.25, 0.3) is 0 Å². The number of nitrogens with two attached hydrogens (primary N) is 1. The minimum atomic E-state index is 0.233. The fourth-order valence-electron chi connectivity index (χ4n) is 2.13. The van der Waals surface area contributed by atoms with Gasteiger partial charge < -0.3 is 11.1 Å². The molecule has 0 radical (unpaired) electrons. The van der Waals surface area contributed by atoms with Crippen LogP contribution in [-0.4, -0.2) is 19.1 Å². The summed E-state index contributed by atoms with van der Waals surface area (Å²) in [5.41, 5.74) is 7.41. The quantitative estimate of drug-likeness (QED) is 0.764. The maximum Gasteiger partial charge on any atom is 0.0206 e. The summed E-state index contributed by atoms with van der Waals surface area (Å²) in [5.74, 6) is 1.83. The fourth-order valence-corrected chi connectivity index (χ4v) is 2.13. The fraction of sp³-hybridized carbons (Fsp3) is 0.571. The zero-order valence-electron chi connectivity index (χ0n) is 10.0. The Hall–Kier alpha value is -0.860. The van der Waals surface area contributed by atoms with Crippen molar-refractivity contribution in [3.63, 3.8) is 0 Å². The molecule has 16 heavy (non-hydrogen) atoms. The van der Waals surface area contributed by atoms with Crippen molar-refractivity contribution in [3.8, 4) is 0 Å². The van der Waals surface area contributed by atoms with E-state index >= 15 is 0 Å². The molecule has 0 amide bonds. The van der Waals surface area contributed by atoms with Crippen molar-refractivity contribution in [1.82, 2.24) is 5.32 Å². The molecule has 0 aliphatic heterocycles. The highest BCUT2D eigenvalue weighted by molar-refractivity contribution is 5.15. The van der Waals surface area contributed by atoms with Crippen molar-refractivity contribution in [2.75, 3.05) is 13.1 Å². The second kappa shape index (κ2) is 5.46. The molecule has 0 heterocycles. The number of benzene rings is 1. The van der Waals surface area contributed by atoms with Crippen molar-refractivity contribution in [2.45, 2.75) is 25.8 Å². The monoisotopic (exact) mass is 218 g/mol. The van der Waals surface area contributed by atoms with E-state index in [0.717, 1.165) is 31.3 Å². The first-order chi connectivity index (χ1) is 7.75. The van der Waals surface area contributed by atoms with Crippen LogP contribution in [0, 0.1) is 11.8 Å². The topological polar surface area (TPSA) is 38.0 Å². The van der Waals surface area contributed by atoms with Crippen LogP contribution in [0.3, 0.4) is 0 Å². The summed E-state index contributed by atoms with van der Waals surface area (Å²) in [7, 11) is 0. The van der Waals surface area contributed by atoms with E-state index in [2.05, 4.69) is 36.5 Å². The summed E-state index contributed by atoms with van der Waals surface area (Å²) in [5, 5.41) is 3.47. The maximum absolute atomic E-state index is 6.08. The largest absolute Gasteiger partial charge is 0.326 e. The van der Waals surface area contributed by atoms with Gasteiger partial charge in [0, 0.05) is 12.6 Å². The summed E-state index contributed by atoms with van der Waals surface area (Å²) < 4.78 is 0. The van der Waals surface area contributed by atoms with E-state index in [9.17, 15) is 0 Å². The van der Waals surface area contributed by atoms with E-state index in [1.165, 1.54) is 12.0 Å². The molecule has 3 atom stereocenters. The molecule has 1 fully saturated rings. The maximum atomic E-state index is 6.08. The average molecular weight is 218 g/mol. The standard InChI is InChI=1S/C14H22N2/c1-11-7-13(11)9-16-10-14(15)8-12-5-3-2-4-6-12/h2-6,11,13-14,16H,7-10,15H2,1H3. The van der Waals surface area contributed by atoms with Crippen LogP contribution < -0.4 is 11.1 Å². The van der Waals surface area contributed by atoms with Gasteiger partial charge in [0.05, 0.1) is 0 Å². The molecule has 0 bridgehead atoms. The highest BCUT2D eigenvalue weighted by Crippen LogP contribution is 2.36. The molecule has 2 nitrogen and oxygen atoms in total. The molecule has 0 saturated heterocycles. The Kier molecular flexibility index (Phi) is 3.97. The van der Waals surface area contributed by atoms with E-state index in [4.69, 9.17) is 5.73 Å². The third-order valence-electron chi connectivity index (χ3n) is 3.43. The van der Waals surface area contributed by atoms with Crippen molar-refractivity contribution < 1.29 is 0 Å². The smallest absolute Gasteiger partial charge is 0.0206 e. The Morgan fingerprint density at radius 2 is 2.06 bits per heavy atom. The number of rotatable bonds is 6. The van der Waals surface area contributed by atoms with Gasteiger partial charge in [0.2, 0.25) is 0 Å². The molecule has 88 valence electrons. The third kappa shape index (κ3) is 3.62. The zero-order chi connectivity index (χ0) is 11.4. The third-order valence-corrected chi connectivity index (χ3v) is 3.43. The minimum Gasteiger partial charge on any atom is -0.326 e. The van der Waals surface area contributed by atoms with Crippen LogP contribution in [0.4, 0.5) is 0 Å². The minimum absolute atomic E-state index is 0.233. The van der Waals surface area contributed by atoms with Gasteiger partial charge in [-0.2, -0.15) is 0 Å². The van der Waals surface area contributed by atoms with E-state index in [1.54, 1.807) is 0 Å². The highest BCUT2D eigenvalue weighted by atomic mass is 14.9. The summed E-state index contributed by atoms with van der Waals surface area (Å²) in [4.78, 5) is 0. The molecular weight excluding hydrogens is 196 g/mol. The van der Waals surface area contributed by atoms with Gasteiger partial charge in [-0.3, -0.25) is 0 Å². The van der Waals surface area contributed by atoms with Gasteiger partial charge in [-0.25, -0.2) is 0 Å². The van der Waals surface area contributed by atoms with Gasteiger partial charge in [0.25, 0.3) is 0 Å². The second-order valence-corrected chi connectivity index (χ2v) is 5.08. The highest BCUT2D eigenvalue weighted by Gasteiger charge is 2.31. The zero-order valence-corrected chi connectivity index (χ0v) is 10.0. The van der Waals surface area contributed by atoms with Gasteiger partial charge in [-0.1, -0.05) is 37.3 Å². The lowest BCUT2D eigenvalue weighted by Crippen LogP contribution is -2.36. The normalized spacial score (nSPS) is 25.4. The molecule has 3 unspecified atom stereocenters. The van der Waals surface area contributed by atoms with Crippen LogP contribution >= 0.6 is 0 Å². The first-order valence-electron chi connectivity index (χ1n) is 6.26. The van der Waals surface area contributed by atoms with Gasteiger partial charge in [-0.15, -0.1) is 0 Å². The Morgan fingerprint density at radius 1 is 1.38 bits per heavy atom. The summed E-state index contributed by atoms with van der Waals surface area (Å²) in [6, 6.07) is 10.7. The molecule has 2 heteroatoms. The molecule has 1 aliphatic rings. The summed E-state index contributed by atoms with van der Waals surface area (Å²) >= 11 is 0. The number of hydrogen-bond acceptors (Lipinski definition) is 2. The lowest BCUT2D eigenvalue weighted by molar-refractivity contribution is 0.545. The molecule has 1 aromatic carbocycles. The first-order valence-corrected chi connectivity index (χ1v) is 6.26. The number of nitrogens with one attached hydrogen (secondary N) is 1. The van der Waals surface area contributed by atoms with Crippen LogP contribution in [0.2, 0.25) is 0 Å². The molecule has 1 saturated carbocycles. The molecule has 1 aromatic rings. The van der Waals surface area contributed by atoms with E-state index in [-0.39, 0.29) is 6.04 Å². The summed E-state index contributed by atoms with van der Waals surface area (Å²) in [6.45, 7) is 4.39. The van der Waals surface area contributed by atoms with Crippen molar-refractivity contribution >= 4 is 0 Å².